The quantitative estimate of drug-likeness (QED) is 0.0656. The van der Waals surface area contributed by atoms with Gasteiger partial charge >= 0.3 is 6.09 Å². The number of fused-ring (bicyclic) bond motifs is 2. The Morgan fingerprint density at radius 3 is 2.53 bits per heavy atom. The lowest BCUT2D eigenvalue weighted by Gasteiger charge is -2.30. The van der Waals surface area contributed by atoms with Gasteiger partial charge in [-0.15, -0.1) is 24.8 Å². The molecule has 290 valence electrons. The lowest BCUT2D eigenvalue weighted by atomic mass is 9.78. The molecule has 1 fully saturated rings. The van der Waals surface area contributed by atoms with Crippen molar-refractivity contribution in [2.45, 2.75) is 76.1 Å². The minimum Gasteiger partial charge on any atom is -0.506 e. The molecule has 0 bridgehead atoms. The average Bonchev–Trinajstić information content (AvgIpc) is 3.56. The van der Waals surface area contributed by atoms with E-state index in [1.54, 1.807) is 12.1 Å². The molecular weight excluding hydrogens is 739 g/mol. The van der Waals surface area contributed by atoms with Crippen molar-refractivity contribution in [2.75, 3.05) is 6.54 Å². The number of ether oxygens (including phenoxy) is 1. The Hall–Kier alpha value is -4.91. The number of aliphatic hydroxyl groups is 1. The van der Waals surface area contributed by atoms with Gasteiger partial charge in [-0.05, 0) is 97.4 Å². The molecule has 0 radical (unpaired) electrons. The smallest absolute Gasteiger partial charge is 0.409 e. The first-order chi connectivity index (χ1) is 25.7. The van der Waals surface area contributed by atoms with Gasteiger partial charge in [0.05, 0.1) is 29.0 Å². The number of rotatable bonds is 13. The van der Waals surface area contributed by atoms with E-state index in [0.29, 0.717) is 28.8 Å². The molecule has 1 aliphatic rings. The van der Waals surface area contributed by atoms with Crippen LogP contribution < -0.4 is 27.1 Å². The third-order valence-corrected chi connectivity index (χ3v) is 10.5. The van der Waals surface area contributed by atoms with E-state index in [0.717, 1.165) is 84.8 Å². The highest BCUT2D eigenvalue weighted by molar-refractivity contribution is 5.87. The molecule has 6 aromatic rings. The van der Waals surface area contributed by atoms with E-state index in [1.807, 2.05) is 36.7 Å². The predicted molar refractivity (Wildman–Crippen MR) is 221 cm³/mol. The van der Waals surface area contributed by atoms with Crippen LogP contribution in [-0.4, -0.2) is 43.4 Å². The molecule has 2 heterocycles. The molecule has 11 nitrogen and oxygen atoms in total. The van der Waals surface area contributed by atoms with Crippen LogP contribution in [0.2, 0.25) is 0 Å². The number of aromatic amines is 1. The summed E-state index contributed by atoms with van der Waals surface area (Å²) in [7, 11) is 0. The number of carbonyl (C=O) groups excluding carboxylic acids is 1. The van der Waals surface area contributed by atoms with Gasteiger partial charge in [0.2, 0.25) is 5.56 Å². The van der Waals surface area contributed by atoms with Gasteiger partial charge in [-0.2, -0.15) is 0 Å². The second-order valence-corrected chi connectivity index (χ2v) is 14.1. The molecule has 0 unspecified atom stereocenters. The van der Waals surface area contributed by atoms with Crippen LogP contribution in [0.3, 0.4) is 0 Å². The molecule has 0 saturated heterocycles. The fourth-order valence-electron chi connectivity index (χ4n) is 7.78. The highest BCUT2D eigenvalue weighted by Gasteiger charge is 2.28. The maximum Gasteiger partial charge on any atom is 0.409 e. The summed E-state index contributed by atoms with van der Waals surface area (Å²) in [5.41, 5.74) is 19.7. The number of carbonyl (C=O) groups is 1. The molecule has 0 spiro atoms. The number of aliphatic hydroxyl groups excluding tert-OH is 1. The molecule has 1 amide bonds. The summed E-state index contributed by atoms with van der Waals surface area (Å²) in [6.07, 6.45) is 6.72. The summed E-state index contributed by atoms with van der Waals surface area (Å²) >= 11 is 0. The first kappa shape index (κ1) is 41.3. The third kappa shape index (κ3) is 9.49. The van der Waals surface area contributed by atoms with Crippen LogP contribution >= 0.6 is 24.8 Å². The molecule has 55 heavy (non-hydrogen) atoms. The standard InChI is InChI=1S/C42H46N6O5.2ClH/c43-30-13-10-29(11-14-30)39-28(12-15-31(41(39)53-42(44)52)27-6-2-1-3-7-27)8-4-5-21-48-25-46-34-22-26(9-18-35(34)48)23-45-24-37(50)32-16-19-36(49)40-33(32)17-20-38(51)47-40;;/h1-3,6-7,9,12,15-20,22,25,29-30,37,45,49-50H,4-5,8,10-11,13-14,21,23-24,43H2,(H2,44,52)(H,47,51);2*1H/t29?,30?,37-;;/m0../s1. The van der Waals surface area contributed by atoms with Crippen molar-refractivity contribution < 1.29 is 19.7 Å². The van der Waals surface area contributed by atoms with Crippen LogP contribution in [0.15, 0.2) is 96.1 Å². The second kappa shape index (κ2) is 18.6. The number of hydrogen-bond donors (Lipinski definition) is 6. The van der Waals surface area contributed by atoms with Crippen LogP contribution in [0.5, 0.6) is 11.5 Å². The number of amides is 1. The fourth-order valence-corrected chi connectivity index (χ4v) is 7.78. The minimum atomic E-state index is -0.840. The Morgan fingerprint density at radius 2 is 1.76 bits per heavy atom. The Bertz CT molecular complexity index is 2290. The van der Waals surface area contributed by atoms with Crippen molar-refractivity contribution in [1.29, 1.82) is 0 Å². The van der Waals surface area contributed by atoms with Gasteiger partial charge in [0.25, 0.3) is 0 Å². The lowest BCUT2D eigenvalue weighted by Crippen LogP contribution is -2.27. The van der Waals surface area contributed by atoms with Gasteiger partial charge in [0.1, 0.15) is 11.5 Å². The minimum absolute atomic E-state index is 0. The molecule has 2 aromatic heterocycles. The van der Waals surface area contributed by atoms with Gasteiger partial charge in [0.15, 0.2) is 0 Å². The van der Waals surface area contributed by atoms with Gasteiger partial charge in [-0.3, -0.25) is 4.79 Å². The van der Waals surface area contributed by atoms with Crippen molar-refractivity contribution in [2.24, 2.45) is 11.5 Å². The summed E-state index contributed by atoms with van der Waals surface area (Å²) in [6.45, 7) is 1.63. The third-order valence-electron chi connectivity index (χ3n) is 10.5. The number of phenols is 1. The van der Waals surface area contributed by atoms with Gasteiger partial charge < -0.3 is 41.3 Å². The number of nitrogens with two attached hydrogens (primary N) is 2. The van der Waals surface area contributed by atoms with Crippen molar-refractivity contribution in [1.82, 2.24) is 19.9 Å². The molecule has 1 saturated carbocycles. The SMILES string of the molecule is Cl.Cl.NC(=O)Oc1c(-c2ccccc2)ccc(CCCCn2cnc3cc(CNC[C@H](O)c4ccc(O)c5[nH]c(=O)ccc45)ccc32)c1C1CCC(N)CC1. The monoisotopic (exact) mass is 786 g/mol. The highest BCUT2D eigenvalue weighted by Crippen LogP contribution is 2.44. The van der Waals surface area contributed by atoms with Crippen molar-refractivity contribution in [3.05, 3.63) is 124 Å². The Balaban J connectivity index is 0.00000290. The number of aromatic hydroxyl groups is 1. The number of unbranched alkanes of at least 4 members (excludes halogenated alkanes) is 1. The van der Waals surface area contributed by atoms with E-state index in [2.05, 4.69) is 50.2 Å². The molecule has 0 aliphatic heterocycles. The molecule has 4 aromatic carbocycles. The van der Waals surface area contributed by atoms with Crippen LogP contribution in [0, 0.1) is 0 Å². The van der Waals surface area contributed by atoms with E-state index in [-0.39, 0.29) is 54.6 Å². The maximum absolute atomic E-state index is 12.2. The van der Waals surface area contributed by atoms with Crippen LogP contribution in [0.4, 0.5) is 4.79 Å². The van der Waals surface area contributed by atoms with Crippen LogP contribution in [0.1, 0.15) is 72.8 Å². The summed E-state index contributed by atoms with van der Waals surface area (Å²) in [5.74, 6) is 0.782. The fraction of sp³-hybridized carbons (Fsp3) is 0.310. The van der Waals surface area contributed by atoms with E-state index in [9.17, 15) is 19.8 Å². The zero-order valence-electron chi connectivity index (χ0n) is 30.4. The van der Waals surface area contributed by atoms with Gasteiger partial charge in [-0.25, -0.2) is 9.78 Å². The summed E-state index contributed by atoms with van der Waals surface area (Å²) in [6, 6.07) is 26.8. The van der Waals surface area contributed by atoms with Crippen molar-refractivity contribution in [3.63, 3.8) is 0 Å². The van der Waals surface area contributed by atoms with Crippen LogP contribution in [-0.2, 0) is 19.5 Å². The zero-order chi connectivity index (χ0) is 36.9. The molecule has 1 aliphatic carbocycles. The number of primary amides is 1. The van der Waals surface area contributed by atoms with Gasteiger partial charge in [0, 0.05) is 48.3 Å². The summed E-state index contributed by atoms with van der Waals surface area (Å²) in [4.78, 5) is 31.3. The average molecular weight is 788 g/mol. The lowest BCUT2D eigenvalue weighted by molar-refractivity contribution is 0.176. The first-order valence-corrected chi connectivity index (χ1v) is 18.4. The number of aromatic nitrogens is 3. The van der Waals surface area contributed by atoms with E-state index in [1.165, 1.54) is 17.7 Å². The maximum atomic E-state index is 12.2. The number of aryl methyl sites for hydroxylation is 2. The summed E-state index contributed by atoms with van der Waals surface area (Å²) < 4.78 is 7.99. The molecule has 1 atom stereocenters. The van der Waals surface area contributed by atoms with Gasteiger partial charge in [-0.1, -0.05) is 54.6 Å². The molecule has 7 rings (SSSR count). The van der Waals surface area contributed by atoms with E-state index < -0.39 is 12.2 Å². The van der Waals surface area contributed by atoms with E-state index >= 15 is 0 Å². The van der Waals surface area contributed by atoms with E-state index in [4.69, 9.17) is 16.2 Å². The highest BCUT2D eigenvalue weighted by atomic mass is 35.5. The zero-order valence-corrected chi connectivity index (χ0v) is 32.1. The van der Waals surface area contributed by atoms with Crippen molar-refractivity contribution >= 4 is 52.8 Å². The molecular formula is C42H48Cl2N6O5. The predicted octanol–water partition coefficient (Wildman–Crippen LogP) is 7.38. The second-order valence-electron chi connectivity index (χ2n) is 14.1. The Labute approximate surface area is 331 Å². The first-order valence-electron chi connectivity index (χ1n) is 18.4. The number of H-pyrrole nitrogens is 1. The Kier molecular flexibility index (Phi) is 14.0. The number of imidazole rings is 1. The normalized spacial score (nSPS) is 16.0. The number of hydrogen-bond acceptors (Lipinski definition) is 8. The number of nitrogens with one attached hydrogen (secondary N) is 2. The molecule has 8 N–H and O–H groups in total. The topological polar surface area (TPSA) is 182 Å². The van der Waals surface area contributed by atoms with Crippen molar-refractivity contribution in [3.8, 4) is 22.6 Å². The molecule has 13 heteroatoms. The summed E-state index contributed by atoms with van der Waals surface area (Å²) in [5, 5.41) is 25.0. The largest absolute Gasteiger partial charge is 0.506 e. The Morgan fingerprint density at radius 1 is 0.982 bits per heavy atom. The van der Waals surface area contributed by atoms with Crippen LogP contribution in [0.25, 0.3) is 33.1 Å². The number of nitrogens with zero attached hydrogens (tertiary/aromatic N) is 2. The number of halogens is 2. The number of pyridine rings is 1. The number of phenolic OH excluding ortho intramolecular Hbond substituents is 1. The number of benzene rings is 4.